The normalized spacial score (nSPS) is 9.92. The molecule has 0 bridgehead atoms. The number of rotatable bonds is 5. The summed E-state index contributed by atoms with van der Waals surface area (Å²) in [6.45, 7) is 8.98. The van der Waals surface area contributed by atoms with Gasteiger partial charge in [-0.2, -0.15) is 0 Å². The van der Waals surface area contributed by atoms with Crippen LogP contribution in [-0.4, -0.2) is 12.4 Å². The summed E-state index contributed by atoms with van der Waals surface area (Å²) in [6.07, 6.45) is 8.58. The highest BCUT2D eigenvalue weighted by Crippen LogP contribution is 1.84. The first kappa shape index (κ1) is 9.84. The lowest BCUT2D eigenvalue weighted by Crippen LogP contribution is -2.49. The maximum atomic E-state index is 5.87. The number of nitrogens with zero attached hydrogens (tertiary/aromatic N) is 2. The Labute approximate surface area is 80.6 Å². The Hall–Kier alpha value is -1.25. The van der Waals surface area contributed by atoms with E-state index in [0.29, 0.717) is 0 Å². The fourth-order valence-corrected chi connectivity index (χ4v) is 1.19. The zero-order valence-electron chi connectivity index (χ0n) is 7.82. The lowest BCUT2D eigenvalue weighted by Gasteiger charge is -2.08. The van der Waals surface area contributed by atoms with Gasteiger partial charge in [0.25, 0.3) is 0 Å². The van der Waals surface area contributed by atoms with E-state index in [2.05, 4.69) is 13.2 Å². The molecule has 0 atom stereocenters. The van der Waals surface area contributed by atoms with Crippen molar-refractivity contribution in [2.75, 3.05) is 0 Å². The number of hydrogen-bond donors (Lipinski definition) is 0. The molecule has 1 aromatic heterocycles. The van der Waals surface area contributed by atoms with Crippen LogP contribution in [0.2, 0.25) is 0 Å². The summed E-state index contributed by atoms with van der Waals surface area (Å²) >= 11 is 0. The van der Waals surface area contributed by atoms with Crippen molar-refractivity contribution in [1.82, 2.24) is 4.57 Å². The van der Waals surface area contributed by atoms with Crippen LogP contribution in [0.1, 0.15) is 6.42 Å². The molecule has 0 spiro atoms. The maximum absolute atomic E-state index is 5.87. The lowest BCUT2D eigenvalue weighted by molar-refractivity contribution is -0.678. The zero-order chi connectivity index (χ0) is 9.68. The molecular weight excluding hydrogens is 159 g/mol. The molecular formula is C10H14BN2. The Bertz CT molecular complexity index is 302. The van der Waals surface area contributed by atoms with Crippen LogP contribution in [0.5, 0.6) is 0 Å². The molecule has 0 saturated heterocycles. The third kappa shape index (κ3) is 2.34. The quantitative estimate of drug-likeness (QED) is 0.344. The zero-order valence-corrected chi connectivity index (χ0v) is 7.82. The first-order valence-electron chi connectivity index (χ1n) is 4.35. The Morgan fingerprint density at radius 3 is 2.85 bits per heavy atom. The van der Waals surface area contributed by atoms with Gasteiger partial charge in [0.05, 0.1) is 6.54 Å². The maximum Gasteiger partial charge on any atom is 0.126 e. The number of hydrogen-bond acceptors (Lipinski definition) is 0. The molecule has 0 unspecified atom stereocenters. The molecule has 0 saturated carbocycles. The van der Waals surface area contributed by atoms with Gasteiger partial charge in [-0.25, -0.2) is 0 Å². The number of imidazole rings is 1. The topological polar surface area (TPSA) is 8.81 Å². The van der Waals surface area contributed by atoms with Gasteiger partial charge in [0, 0.05) is 6.42 Å². The molecule has 1 heterocycles. The largest absolute Gasteiger partial charge is 0.458 e. The van der Waals surface area contributed by atoms with Gasteiger partial charge in [-0.15, -0.1) is 6.58 Å². The van der Waals surface area contributed by atoms with Crippen LogP contribution in [0.25, 0.3) is 0 Å². The van der Waals surface area contributed by atoms with E-state index in [-0.39, 0.29) is 0 Å². The molecule has 1 aromatic rings. The monoisotopic (exact) mass is 173 g/mol. The van der Waals surface area contributed by atoms with Gasteiger partial charge in [-0.3, -0.25) is 9.13 Å². The van der Waals surface area contributed by atoms with Crippen LogP contribution in [0, 0.1) is 0 Å². The van der Waals surface area contributed by atoms with Crippen molar-refractivity contribution in [2.24, 2.45) is 0 Å². The second-order valence-corrected chi connectivity index (χ2v) is 2.87. The molecule has 0 aliphatic heterocycles. The minimum Gasteiger partial charge on any atom is -0.458 e. The number of allylic oxidation sites excluding steroid dienone is 2. The van der Waals surface area contributed by atoms with E-state index in [1.54, 1.807) is 0 Å². The first-order valence-corrected chi connectivity index (χ1v) is 4.35. The van der Waals surface area contributed by atoms with Crippen LogP contribution in [0.4, 0.5) is 0 Å². The Morgan fingerprint density at radius 1 is 1.46 bits per heavy atom. The SMILES string of the molecule is [B-]c1n(CC=C)cc[n+]1CCC=C. The van der Waals surface area contributed by atoms with Crippen molar-refractivity contribution >= 4 is 13.6 Å². The molecule has 0 N–H and O–H groups in total. The number of aryl methyl sites for hydroxylation is 1. The Morgan fingerprint density at radius 2 is 2.23 bits per heavy atom. The fraction of sp³-hybridized carbons (Fsp3) is 0.300. The summed E-state index contributed by atoms with van der Waals surface area (Å²) in [4.78, 5) is 0. The van der Waals surface area contributed by atoms with Crippen molar-refractivity contribution in [1.29, 1.82) is 0 Å². The fourth-order valence-electron chi connectivity index (χ4n) is 1.19. The predicted octanol–water partition coefficient (Wildman–Crippen LogP) is 0.331. The van der Waals surface area contributed by atoms with Crippen molar-refractivity contribution in [3.8, 4) is 0 Å². The Kier molecular flexibility index (Phi) is 3.56. The molecule has 3 radical (unpaired) electrons. The molecule has 0 fully saturated rings. The lowest BCUT2D eigenvalue weighted by atomic mass is 10.1. The van der Waals surface area contributed by atoms with Crippen LogP contribution < -0.4 is 10.3 Å². The average molecular weight is 173 g/mol. The van der Waals surface area contributed by atoms with Crippen LogP contribution in [-0.2, 0) is 13.1 Å². The summed E-state index contributed by atoms with van der Waals surface area (Å²) in [5.74, 6) is 0. The molecule has 0 amide bonds. The molecule has 67 valence electrons. The van der Waals surface area contributed by atoms with E-state index in [1.807, 2.05) is 33.7 Å². The van der Waals surface area contributed by atoms with Crippen molar-refractivity contribution in [2.45, 2.75) is 19.5 Å². The van der Waals surface area contributed by atoms with Crippen molar-refractivity contribution < 1.29 is 4.57 Å². The molecule has 0 aromatic carbocycles. The van der Waals surface area contributed by atoms with Crippen LogP contribution in [0.3, 0.4) is 0 Å². The van der Waals surface area contributed by atoms with Gasteiger partial charge in [0.1, 0.15) is 18.9 Å². The molecule has 0 aliphatic carbocycles. The molecule has 13 heavy (non-hydrogen) atoms. The van der Waals surface area contributed by atoms with E-state index in [9.17, 15) is 0 Å². The first-order chi connectivity index (χ1) is 6.29. The van der Waals surface area contributed by atoms with Crippen LogP contribution in [0.15, 0.2) is 37.7 Å². The standard InChI is InChI=1S/C10H14BN2/c1-3-5-7-13-9-8-12(6-4-2)10(13)11/h3-4,8-9H,1-2,5-7H2. The third-order valence-corrected chi connectivity index (χ3v) is 1.92. The highest BCUT2D eigenvalue weighted by atomic mass is 15.1. The van der Waals surface area contributed by atoms with Crippen molar-refractivity contribution in [3.05, 3.63) is 37.7 Å². The highest BCUT2D eigenvalue weighted by molar-refractivity contribution is 6.27. The summed E-state index contributed by atoms with van der Waals surface area (Å²) in [5, 5.41) is 0. The van der Waals surface area contributed by atoms with E-state index < -0.39 is 0 Å². The van der Waals surface area contributed by atoms with Gasteiger partial charge in [-0.05, 0) is 5.72 Å². The number of aromatic nitrogens is 2. The average Bonchev–Trinajstić information content (AvgIpc) is 2.46. The highest BCUT2D eigenvalue weighted by Gasteiger charge is 1.99. The molecule has 0 aliphatic rings. The third-order valence-electron chi connectivity index (χ3n) is 1.92. The summed E-state index contributed by atoms with van der Waals surface area (Å²) in [6, 6.07) is 0. The van der Waals surface area contributed by atoms with Gasteiger partial charge in [-0.1, -0.05) is 18.7 Å². The summed E-state index contributed by atoms with van der Waals surface area (Å²) in [5.41, 5.74) is 0.766. The summed E-state index contributed by atoms with van der Waals surface area (Å²) < 4.78 is 3.96. The van der Waals surface area contributed by atoms with E-state index in [1.165, 1.54) is 0 Å². The van der Waals surface area contributed by atoms with Gasteiger partial charge < -0.3 is 7.85 Å². The van der Waals surface area contributed by atoms with Gasteiger partial charge in [0.15, 0.2) is 0 Å². The molecule has 2 nitrogen and oxygen atoms in total. The minimum absolute atomic E-state index is 0.757. The van der Waals surface area contributed by atoms with E-state index >= 15 is 0 Å². The second-order valence-electron chi connectivity index (χ2n) is 2.87. The van der Waals surface area contributed by atoms with E-state index in [4.69, 9.17) is 7.85 Å². The molecule has 1 rings (SSSR count). The van der Waals surface area contributed by atoms with Crippen LogP contribution >= 0.6 is 0 Å². The van der Waals surface area contributed by atoms with Gasteiger partial charge in [0.2, 0.25) is 0 Å². The van der Waals surface area contributed by atoms with Crippen molar-refractivity contribution in [3.63, 3.8) is 0 Å². The van der Waals surface area contributed by atoms with Gasteiger partial charge >= 0.3 is 0 Å². The van der Waals surface area contributed by atoms with E-state index in [0.717, 1.165) is 25.2 Å². The summed E-state index contributed by atoms with van der Waals surface area (Å²) in [7, 11) is 5.87. The Balaban J connectivity index is 2.73. The minimum atomic E-state index is 0.757. The smallest absolute Gasteiger partial charge is 0.126 e. The molecule has 3 heteroatoms. The second kappa shape index (κ2) is 4.70. The predicted molar refractivity (Wildman–Crippen MR) is 55.0 cm³/mol.